The van der Waals surface area contributed by atoms with E-state index in [4.69, 9.17) is 10.7 Å². The van der Waals surface area contributed by atoms with E-state index in [0.717, 1.165) is 16.6 Å². The highest BCUT2D eigenvalue weighted by Crippen LogP contribution is 2.40. The van der Waals surface area contributed by atoms with Gasteiger partial charge in [-0.1, -0.05) is 12.1 Å². The summed E-state index contributed by atoms with van der Waals surface area (Å²) in [6, 6.07) is 8.18. The second-order valence-electron chi connectivity index (χ2n) is 4.05. The highest BCUT2D eigenvalue weighted by atomic mass is 127. The van der Waals surface area contributed by atoms with Gasteiger partial charge in [-0.05, 0) is 47.6 Å². The molecule has 0 unspecified atom stereocenters. The smallest absolute Gasteiger partial charge is 0.0859 e. The number of pyridine rings is 1. The van der Waals surface area contributed by atoms with E-state index >= 15 is 0 Å². The van der Waals surface area contributed by atoms with Crippen molar-refractivity contribution in [3.05, 3.63) is 33.5 Å². The van der Waals surface area contributed by atoms with Crippen molar-refractivity contribution >= 4 is 39.2 Å². The Bertz CT molecular complexity index is 532. The maximum absolute atomic E-state index is 6.05. The Morgan fingerprint density at radius 2 is 2.13 bits per heavy atom. The van der Waals surface area contributed by atoms with Crippen LogP contribution in [0.15, 0.2) is 24.3 Å². The Kier molecular flexibility index (Phi) is 2.09. The number of hydrogen-bond acceptors (Lipinski definition) is 2. The summed E-state index contributed by atoms with van der Waals surface area (Å²) in [7, 11) is 0. The summed E-state index contributed by atoms with van der Waals surface area (Å²) in [6.07, 6.45) is 2.53. The summed E-state index contributed by atoms with van der Waals surface area (Å²) in [5.41, 5.74) is 9.14. The third-order valence-electron chi connectivity index (χ3n) is 2.84. The topological polar surface area (TPSA) is 38.9 Å². The highest BCUT2D eigenvalue weighted by molar-refractivity contribution is 14.1. The number of fused-ring (bicyclic) bond motifs is 1. The Balaban J connectivity index is 2.32. The Morgan fingerprint density at radius 3 is 2.87 bits per heavy atom. The van der Waals surface area contributed by atoms with E-state index in [2.05, 4.69) is 28.7 Å². The number of para-hydroxylation sites is 1. The molecule has 1 saturated carbocycles. The molecule has 0 aliphatic heterocycles. The average molecular weight is 310 g/mol. The molecular weight excluding hydrogens is 299 g/mol. The summed E-state index contributed by atoms with van der Waals surface area (Å²) < 4.78 is 1.18. The van der Waals surface area contributed by atoms with Gasteiger partial charge in [-0.15, -0.1) is 0 Å². The van der Waals surface area contributed by atoms with E-state index in [9.17, 15) is 0 Å². The van der Waals surface area contributed by atoms with E-state index in [0.29, 0.717) is 5.92 Å². The number of aromatic nitrogens is 1. The van der Waals surface area contributed by atoms with Crippen molar-refractivity contribution in [2.24, 2.45) is 0 Å². The summed E-state index contributed by atoms with van der Waals surface area (Å²) in [5.74, 6) is 0.660. The molecule has 3 heteroatoms. The van der Waals surface area contributed by atoms with Gasteiger partial charge in [0.05, 0.1) is 5.52 Å². The van der Waals surface area contributed by atoms with Crippen molar-refractivity contribution in [1.82, 2.24) is 4.98 Å². The molecule has 1 fully saturated rings. The monoisotopic (exact) mass is 310 g/mol. The van der Waals surface area contributed by atoms with Crippen LogP contribution in [-0.2, 0) is 0 Å². The fourth-order valence-electron chi connectivity index (χ4n) is 1.85. The number of nitrogens with two attached hydrogens (primary N) is 1. The highest BCUT2D eigenvalue weighted by Gasteiger charge is 2.25. The van der Waals surface area contributed by atoms with E-state index in [1.165, 1.54) is 22.1 Å². The van der Waals surface area contributed by atoms with E-state index in [1.807, 2.05) is 18.2 Å². The van der Waals surface area contributed by atoms with Gasteiger partial charge in [0.25, 0.3) is 0 Å². The van der Waals surface area contributed by atoms with Crippen molar-refractivity contribution in [3.8, 4) is 0 Å². The first-order valence-corrected chi connectivity index (χ1v) is 6.18. The second kappa shape index (κ2) is 3.33. The SMILES string of the molecule is Nc1cc(C2CC2)nc2c(I)cccc12. The van der Waals surface area contributed by atoms with Crippen molar-refractivity contribution in [1.29, 1.82) is 0 Å². The van der Waals surface area contributed by atoms with Gasteiger partial charge in [-0.2, -0.15) is 0 Å². The molecule has 0 spiro atoms. The first-order chi connectivity index (χ1) is 7.25. The van der Waals surface area contributed by atoms with Crippen LogP contribution >= 0.6 is 22.6 Å². The molecule has 2 N–H and O–H groups in total. The Labute approximate surface area is 102 Å². The minimum Gasteiger partial charge on any atom is -0.398 e. The lowest BCUT2D eigenvalue weighted by atomic mass is 10.1. The van der Waals surface area contributed by atoms with E-state index in [1.54, 1.807) is 0 Å². The Morgan fingerprint density at radius 1 is 1.33 bits per heavy atom. The molecule has 1 aliphatic carbocycles. The molecule has 1 aromatic heterocycles. The van der Waals surface area contributed by atoms with Crippen LogP contribution < -0.4 is 5.73 Å². The lowest BCUT2D eigenvalue weighted by Gasteiger charge is -2.06. The van der Waals surface area contributed by atoms with Gasteiger partial charge in [0, 0.05) is 26.3 Å². The molecule has 1 aromatic carbocycles. The molecular formula is C12H11IN2. The maximum atomic E-state index is 6.05. The standard InChI is InChI=1S/C12H11IN2/c13-9-3-1-2-8-10(14)6-11(7-4-5-7)15-12(8)9/h1-3,6-7H,4-5H2,(H2,14,15). The molecule has 1 heterocycles. The zero-order chi connectivity index (χ0) is 10.4. The van der Waals surface area contributed by atoms with E-state index < -0.39 is 0 Å². The average Bonchev–Trinajstić information content (AvgIpc) is 3.02. The Hall–Kier alpha value is -0.840. The predicted molar refractivity (Wildman–Crippen MR) is 70.8 cm³/mol. The number of halogens is 1. The maximum Gasteiger partial charge on any atom is 0.0859 e. The minimum atomic E-state index is 0.660. The number of nitrogens with zero attached hydrogens (tertiary/aromatic N) is 1. The van der Waals surface area contributed by atoms with Crippen molar-refractivity contribution in [2.45, 2.75) is 18.8 Å². The van der Waals surface area contributed by atoms with Crippen LogP contribution in [0.4, 0.5) is 5.69 Å². The van der Waals surface area contributed by atoms with E-state index in [-0.39, 0.29) is 0 Å². The molecule has 2 aromatic rings. The summed E-state index contributed by atoms with van der Waals surface area (Å²) in [6.45, 7) is 0. The quantitative estimate of drug-likeness (QED) is 0.821. The van der Waals surface area contributed by atoms with Gasteiger partial charge in [0.2, 0.25) is 0 Å². The second-order valence-corrected chi connectivity index (χ2v) is 5.21. The minimum absolute atomic E-state index is 0.660. The van der Waals surface area contributed by atoms with Crippen LogP contribution in [0, 0.1) is 3.57 Å². The molecule has 0 atom stereocenters. The fraction of sp³-hybridized carbons (Fsp3) is 0.250. The molecule has 0 radical (unpaired) electrons. The van der Waals surface area contributed by atoms with Gasteiger partial charge in [0.1, 0.15) is 0 Å². The number of anilines is 1. The largest absolute Gasteiger partial charge is 0.398 e. The third kappa shape index (κ3) is 1.58. The van der Waals surface area contributed by atoms with Gasteiger partial charge >= 0.3 is 0 Å². The predicted octanol–water partition coefficient (Wildman–Crippen LogP) is 3.30. The van der Waals surface area contributed by atoms with Crippen molar-refractivity contribution < 1.29 is 0 Å². The zero-order valence-corrected chi connectivity index (χ0v) is 10.4. The molecule has 3 rings (SSSR count). The van der Waals surface area contributed by atoms with Gasteiger partial charge < -0.3 is 5.73 Å². The van der Waals surface area contributed by atoms with Crippen molar-refractivity contribution in [2.75, 3.05) is 5.73 Å². The van der Waals surface area contributed by atoms with Gasteiger partial charge in [-0.3, -0.25) is 4.98 Å². The summed E-state index contributed by atoms with van der Waals surface area (Å²) >= 11 is 2.32. The van der Waals surface area contributed by atoms with Crippen LogP contribution in [-0.4, -0.2) is 4.98 Å². The summed E-state index contributed by atoms with van der Waals surface area (Å²) in [5, 5.41) is 1.08. The molecule has 1 aliphatic rings. The third-order valence-corrected chi connectivity index (χ3v) is 3.71. The lowest BCUT2D eigenvalue weighted by molar-refractivity contribution is 1.04. The molecule has 0 amide bonds. The number of rotatable bonds is 1. The van der Waals surface area contributed by atoms with Crippen LogP contribution in [0.3, 0.4) is 0 Å². The molecule has 15 heavy (non-hydrogen) atoms. The molecule has 76 valence electrons. The normalized spacial score (nSPS) is 15.8. The molecule has 2 nitrogen and oxygen atoms in total. The fourth-order valence-corrected chi connectivity index (χ4v) is 2.47. The van der Waals surface area contributed by atoms with Gasteiger partial charge in [-0.25, -0.2) is 0 Å². The van der Waals surface area contributed by atoms with Crippen LogP contribution in [0.5, 0.6) is 0 Å². The first kappa shape index (κ1) is 9.39. The zero-order valence-electron chi connectivity index (χ0n) is 8.20. The molecule has 0 bridgehead atoms. The number of hydrogen-bond donors (Lipinski definition) is 1. The van der Waals surface area contributed by atoms with Crippen LogP contribution in [0.1, 0.15) is 24.5 Å². The van der Waals surface area contributed by atoms with Crippen LogP contribution in [0.25, 0.3) is 10.9 Å². The molecule has 0 saturated heterocycles. The number of nitrogen functional groups attached to an aromatic ring is 1. The van der Waals surface area contributed by atoms with Crippen LogP contribution in [0.2, 0.25) is 0 Å². The lowest BCUT2D eigenvalue weighted by Crippen LogP contribution is -1.95. The number of benzene rings is 1. The van der Waals surface area contributed by atoms with Crippen molar-refractivity contribution in [3.63, 3.8) is 0 Å². The summed E-state index contributed by atoms with van der Waals surface area (Å²) in [4.78, 5) is 4.71. The first-order valence-electron chi connectivity index (χ1n) is 5.10. The van der Waals surface area contributed by atoms with Gasteiger partial charge in [0.15, 0.2) is 0 Å².